The van der Waals surface area contributed by atoms with Crippen LogP contribution in [0, 0.1) is 12.3 Å². The molecule has 0 aromatic heterocycles. The summed E-state index contributed by atoms with van der Waals surface area (Å²) < 4.78 is 0.855. The van der Waals surface area contributed by atoms with Gasteiger partial charge in [0.2, 0.25) is 0 Å². The number of hydrogen-bond acceptors (Lipinski definition) is 1. The Labute approximate surface area is 80.6 Å². The quantitative estimate of drug-likeness (QED) is 0.728. The summed E-state index contributed by atoms with van der Waals surface area (Å²) in [5.74, 6) is 2.75. The van der Waals surface area contributed by atoms with Crippen LogP contribution < -0.4 is 0 Å². The van der Waals surface area contributed by atoms with Gasteiger partial charge in [-0.2, -0.15) is 0 Å². The molecule has 0 aliphatic rings. The summed E-state index contributed by atoms with van der Waals surface area (Å²) in [6.07, 6.45) is 5.26. The standard InChI is InChI=1S/C10H9BrO/c1-3-7(2)10-8(11)5-4-6-9(10)12/h1,4-7,12H,2H3. The molecule has 0 fully saturated rings. The summed E-state index contributed by atoms with van der Waals surface area (Å²) in [6, 6.07) is 5.27. The predicted molar refractivity (Wildman–Crippen MR) is 53.1 cm³/mol. The number of aromatic hydroxyl groups is 1. The molecule has 1 rings (SSSR count). The van der Waals surface area contributed by atoms with Crippen molar-refractivity contribution >= 4 is 15.9 Å². The summed E-state index contributed by atoms with van der Waals surface area (Å²) >= 11 is 3.33. The second-order valence-corrected chi connectivity index (χ2v) is 3.42. The third-order valence-corrected chi connectivity index (χ3v) is 2.40. The number of phenolic OH excluding ortho intramolecular Hbond substituents is 1. The summed E-state index contributed by atoms with van der Waals surface area (Å²) in [5, 5.41) is 9.47. The topological polar surface area (TPSA) is 20.2 Å². The minimum atomic E-state index is -0.0689. The normalized spacial score (nSPS) is 12.1. The predicted octanol–water partition coefficient (Wildman–Crippen LogP) is 2.89. The van der Waals surface area contributed by atoms with Crippen molar-refractivity contribution in [1.29, 1.82) is 0 Å². The average Bonchev–Trinajstić information content (AvgIpc) is 2.03. The Morgan fingerprint density at radius 1 is 1.58 bits per heavy atom. The number of hydrogen-bond donors (Lipinski definition) is 1. The fourth-order valence-corrected chi connectivity index (χ4v) is 1.74. The lowest BCUT2D eigenvalue weighted by Crippen LogP contribution is -1.91. The molecule has 0 spiro atoms. The van der Waals surface area contributed by atoms with Gasteiger partial charge in [0, 0.05) is 16.0 Å². The first-order chi connectivity index (χ1) is 5.66. The van der Waals surface area contributed by atoms with Crippen LogP contribution in [-0.2, 0) is 0 Å². The molecule has 2 heteroatoms. The van der Waals surface area contributed by atoms with Gasteiger partial charge in [-0.3, -0.25) is 0 Å². The molecular formula is C10H9BrO. The molecule has 12 heavy (non-hydrogen) atoms. The van der Waals surface area contributed by atoms with E-state index >= 15 is 0 Å². The molecule has 1 aromatic carbocycles. The molecule has 0 aliphatic carbocycles. The van der Waals surface area contributed by atoms with E-state index < -0.39 is 0 Å². The zero-order valence-corrected chi connectivity index (χ0v) is 8.30. The van der Waals surface area contributed by atoms with Crippen molar-refractivity contribution < 1.29 is 5.11 Å². The number of terminal acetylenes is 1. The van der Waals surface area contributed by atoms with E-state index in [9.17, 15) is 5.11 Å². The van der Waals surface area contributed by atoms with Gasteiger partial charge in [-0.15, -0.1) is 6.42 Å². The highest BCUT2D eigenvalue weighted by Crippen LogP contribution is 2.31. The fourth-order valence-electron chi connectivity index (χ4n) is 1.04. The van der Waals surface area contributed by atoms with Crippen LogP contribution in [0.15, 0.2) is 22.7 Å². The number of benzene rings is 1. The van der Waals surface area contributed by atoms with Crippen molar-refractivity contribution in [3.05, 3.63) is 28.2 Å². The summed E-state index contributed by atoms with van der Waals surface area (Å²) in [5.41, 5.74) is 0.778. The fraction of sp³-hybridized carbons (Fsp3) is 0.200. The van der Waals surface area contributed by atoms with Crippen LogP contribution >= 0.6 is 15.9 Å². The molecule has 1 N–H and O–H groups in total. The van der Waals surface area contributed by atoms with Crippen LogP contribution in [0.5, 0.6) is 5.75 Å². The second-order valence-electron chi connectivity index (χ2n) is 2.56. The Morgan fingerprint density at radius 3 is 2.75 bits per heavy atom. The van der Waals surface area contributed by atoms with Gasteiger partial charge in [0.1, 0.15) is 5.75 Å². The SMILES string of the molecule is C#CC(C)c1c(O)cccc1Br. The van der Waals surface area contributed by atoms with Gasteiger partial charge in [-0.25, -0.2) is 0 Å². The van der Waals surface area contributed by atoms with E-state index in [0.717, 1.165) is 10.0 Å². The van der Waals surface area contributed by atoms with Crippen molar-refractivity contribution in [3.8, 4) is 18.1 Å². The van der Waals surface area contributed by atoms with Crippen LogP contribution in [0.25, 0.3) is 0 Å². The van der Waals surface area contributed by atoms with E-state index in [1.54, 1.807) is 12.1 Å². The molecule has 0 saturated carbocycles. The van der Waals surface area contributed by atoms with Gasteiger partial charge < -0.3 is 5.11 Å². The van der Waals surface area contributed by atoms with Crippen molar-refractivity contribution in [2.75, 3.05) is 0 Å². The van der Waals surface area contributed by atoms with E-state index in [1.165, 1.54) is 0 Å². The molecule has 1 aromatic rings. The highest BCUT2D eigenvalue weighted by molar-refractivity contribution is 9.10. The molecular weight excluding hydrogens is 216 g/mol. The molecule has 1 nitrogen and oxygen atoms in total. The lowest BCUT2D eigenvalue weighted by atomic mass is 10.0. The Balaban J connectivity index is 3.23. The first-order valence-electron chi connectivity index (χ1n) is 3.60. The molecule has 0 aliphatic heterocycles. The maximum Gasteiger partial charge on any atom is 0.121 e. The summed E-state index contributed by atoms with van der Waals surface area (Å²) in [4.78, 5) is 0. The molecule has 1 unspecified atom stereocenters. The van der Waals surface area contributed by atoms with Gasteiger partial charge in [-0.05, 0) is 19.1 Å². The monoisotopic (exact) mass is 224 g/mol. The van der Waals surface area contributed by atoms with Gasteiger partial charge in [0.15, 0.2) is 0 Å². The van der Waals surface area contributed by atoms with E-state index in [-0.39, 0.29) is 11.7 Å². The number of rotatable bonds is 1. The van der Waals surface area contributed by atoms with Crippen LogP contribution in [0.4, 0.5) is 0 Å². The third kappa shape index (κ3) is 1.62. The maximum atomic E-state index is 9.47. The van der Waals surface area contributed by atoms with Gasteiger partial charge in [-0.1, -0.05) is 27.9 Å². The van der Waals surface area contributed by atoms with Gasteiger partial charge in [0.25, 0.3) is 0 Å². The minimum Gasteiger partial charge on any atom is -0.508 e. The molecule has 0 amide bonds. The Morgan fingerprint density at radius 2 is 2.25 bits per heavy atom. The van der Waals surface area contributed by atoms with Crippen molar-refractivity contribution in [2.24, 2.45) is 0 Å². The zero-order valence-electron chi connectivity index (χ0n) is 6.71. The molecule has 1 atom stereocenters. The van der Waals surface area contributed by atoms with Crippen LogP contribution in [0.2, 0.25) is 0 Å². The van der Waals surface area contributed by atoms with E-state index in [2.05, 4.69) is 21.9 Å². The van der Waals surface area contributed by atoms with Crippen molar-refractivity contribution in [2.45, 2.75) is 12.8 Å². The third-order valence-electron chi connectivity index (χ3n) is 1.71. The minimum absolute atomic E-state index is 0.0689. The number of halogens is 1. The zero-order chi connectivity index (χ0) is 9.14. The molecule has 0 heterocycles. The average molecular weight is 225 g/mol. The Bertz CT molecular complexity index is 305. The second kappa shape index (κ2) is 3.64. The van der Waals surface area contributed by atoms with Crippen LogP contribution in [-0.4, -0.2) is 5.11 Å². The number of phenols is 1. The molecule has 0 radical (unpaired) electrons. The summed E-state index contributed by atoms with van der Waals surface area (Å²) in [6.45, 7) is 1.87. The highest BCUT2D eigenvalue weighted by atomic mass is 79.9. The van der Waals surface area contributed by atoms with E-state index in [0.29, 0.717) is 0 Å². The summed E-state index contributed by atoms with van der Waals surface area (Å²) in [7, 11) is 0. The van der Waals surface area contributed by atoms with Crippen LogP contribution in [0.1, 0.15) is 18.4 Å². The van der Waals surface area contributed by atoms with Gasteiger partial charge >= 0.3 is 0 Å². The van der Waals surface area contributed by atoms with Gasteiger partial charge in [0.05, 0.1) is 0 Å². The lowest BCUT2D eigenvalue weighted by molar-refractivity contribution is 0.466. The first kappa shape index (κ1) is 9.15. The Kier molecular flexibility index (Phi) is 2.78. The molecule has 62 valence electrons. The Hall–Kier alpha value is -0.940. The largest absolute Gasteiger partial charge is 0.508 e. The van der Waals surface area contributed by atoms with E-state index in [4.69, 9.17) is 6.42 Å². The highest BCUT2D eigenvalue weighted by Gasteiger charge is 2.10. The first-order valence-corrected chi connectivity index (χ1v) is 4.39. The molecule has 0 bridgehead atoms. The lowest BCUT2D eigenvalue weighted by Gasteiger charge is -2.08. The van der Waals surface area contributed by atoms with Crippen molar-refractivity contribution in [1.82, 2.24) is 0 Å². The maximum absolute atomic E-state index is 9.47. The van der Waals surface area contributed by atoms with E-state index in [1.807, 2.05) is 13.0 Å². The van der Waals surface area contributed by atoms with Crippen molar-refractivity contribution in [3.63, 3.8) is 0 Å². The smallest absolute Gasteiger partial charge is 0.121 e. The molecule has 0 saturated heterocycles. The van der Waals surface area contributed by atoms with Crippen LogP contribution in [0.3, 0.4) is 0 Å².